The summed E-state index contributed by atoms with van der Waals surface area (Å²) in [6.07, 6.45) is -4.21. The van der Waals surface area contributed by atoms with Gasteiger partial charge in [0.2, 0.25) is 6.41 Å². The molecule has 26 heavy (non-hydrogen) atoms. The largest absolute Gasteiger partial charge is 0.508 e. The average Bonchev–Trinajstić information content (AvgIpc) is 2.60. The molecule has 0 saturated heterocycles. The molecule has 0 unspecified atom stereocenters. The number of para-hydroxylation sites is 1. The molecule has 1 amide bonds. The quantitative estimate of drug-likeness (QED) is 0.276. The molecule has 0 fully saturated rings. The van der Waals surface area contributed by atoms with Gasteiger partial charge in [-0.25, -0.2) is 11.7 Å². The van der Waals surface area contributed by atoms with Crippen LogP contribution in [0.5, 0.6) is 11.5 Å². The minimum absolute atomic E-state index is 0.0778. The standard InChI is InChI=1S/C15H15F3N2O2.CH4N2O/c1-20(19)13-5-3-2-4-10(13)9-22-14-7-6-11(21)8-12(14)15(16,17)18;2-3-1-4/h2-8,21H,9,19H2,1H3;1H,2H2,(H,3,4). The van der Waals surface area contributed by atoms with Crippen molar-refractivity contribution in [3.8, 4) is 11.5 Å². The Morgan fingerprint density at radius 1 is 1.27 bits per heavy atom. The van der Waals surface area contributed by atoms with E-state index in [1.54, 1.807) is 36.7 Å². The van der Waals surface area contributed by atoms with E-state index in [1.165, 1.54) is 5.01 Å². The Morgan fingerprint density at radius 3 is 2.42 bits per heavy atom. The van der Waals surface area contributed by atoms with E-state index in [-0.39, 0.29) is 12.4 Å². The van der Waals surface area contributed by atoms with Gasteiger partial charge < -0.3 is 14.9 Å². The molecule has 0 aromatic heterocycles. The van der Waals surface area contributed by atoms with Crippen LogP contribution in [-0.4, -0.2) is 18.6 Å². The lowest BCUT2D eigenvalue weighted by Gasteiger charge is -2.18. The molecular weight excluding hydrogens is 353 g/mol. The Bertz CT molecular complexity index is 724. The lowest BCUT2D eigenvalue weighted by molar-refractivity contribution is -0.139. The number of benzene rings is 2. The molecule has 0 heterocycles. The molecule has 0 spiro atoms. The third-order valence-corrected chi connectivity index (χ3v) is 3.09. The second-order valence-corrected chi connectivity index (χ2v) is 4.99. The van der Waals surface area contributed by atoms with Gasteiger partial charge in [0.1, 0.15) is 23.7 Å². The third-order valence-electron chi connectivity index (χ3n) is 3.09. The Hall–Kier alpha value is -2.98. The van der Waals surface area contributed by atoms with Crippen LogP contribution in [0.15, 0.2) is 42.5 Å². The molecule has 7 nitrogen and oxygen atoms in total. The van der Waals surface area contributed by atoms with Crippen molar-refractivity contribution >= 4 is 12.1 Å². The number of nitrogens with one attached hydrogen (secondary N) is 1. The molecule has 0 aliphatic heterocycles. The highest BCUT2D eigenvalue weighted by Gasteiger charge is 2.34. The maximum atomic E-state index is 12.9. The zero-order valence-corrected chi connectivity index (χ0v) is 13.8. The van der Waals surface area contributed by atoms with Crippen LogP contribution in [0, 0.1) is 0 Å². The summed E-state index contributed by atoms with van der Waals surface area (Å²) in [6, 6.07) is 9.83. The van der Waals surface area contributed by atoms with Gasteiger partial charge in [0, 0.05) is 12.6 Å². The summed E-state index contributed by atoms with van der Waals surface area (Å²) in [4.78, 5) is 8.94. The first-order valence-corrected chi connectivity index (χ1v) is 7.19. The van der Waals surface area contributed by atoms with E-state index >= 15 is 0 Å². The Balaban J connectivity index is 0.000000765. The van der Waals surface area contributed by atoms with Crippen molar-refractivity contribution in [3.05, 3.63) is 53.6 Å². The molecule has 0 radical (unpaired) electrons. The van der Waals surface area contributed by atoms with Gasteiger partial charge in [-0.15, -0.1) is 0 Å². The van der Waals surface area contributed by atoms with E-state index < -0.39 is 17.5 Å². The molecule has 0 saturated carbocycles. The smallest absolute Gasteiger partial charge is 0.420 e. The number of phenolic OH excluding ortho intramolecular Hbond substituents is 1. The number of anilines is 1. The fourth-order valence-electron chi connectivity index (χ4n) is 2.00. The molecule has 142 valence electrons. The number of nitrogens with zero attached hydrogens (tertiary/aromatic N) is 1. The van der Waals surface area contributed by atoms with Gasteiger partial charge in [-0.3, -0.25) is 10.2 Å². The SMILES string of the molecule is CN(N)c1ccccc1COc1ccc(O)cc1C(F)(F)F.NNC=O. The van der Waals surface area contributed by atoms with E-state index in [0.717, 1.165) is 12.1 Å². The summed E-state index contributed by atoms with van der Waals surface area (Å²) in [6.45, 7) is -0.0778. The highest BCUT2D eigenvalue weighted by atomic mass is 19.4. The number of hydrogen-bond acceptors (Lipinski definition) is 6. The lowest BCUT2D eigenvalue weighted by Crippen LogP contribution is -2.26. The van der Waals surface area contributed by atoms with Gasteiger partial charge in [-0.05, 0) is 24.3 Å². The lowest BCUT2D eigenvalue weighted by atomic mass is 10.1. The van der Waals surface area contributed by atoms with Gasteiger partial charge in [0.05, 0.1) is 5.69 Å². The molecule has 2 rings (SSSR count). The predicted octanol–water partition coefficient (Wildman–Crippen LogP) is 1.91. The first-order valence-electron chi connectivity index (χ1n) is 7.19. The summed E-state index contributed by atoms with van der Waals surface area (Å²) >= 11 is 0. The molecule has 0 atom stereocenters. The summed E-state index contributed by atoms with van der Waals surface area (Å²) in [5.41, 5.74) is 2.02. The minimum Gasteiger partial charge on any atom is -0.508 e. The summed E-state index contributed by atoms with van der Waals surface area (Å²) in [7, 11) is 1.63. The van der Waals surface area contributed by atoms with Crippen molar-refractivity contribution in [2.24, 2.45) is 11.7 Å². The molecule has 2 aromatic rings. The summed E-state index contributed by atoms with van der Waals surface area (Å²) < 4.78 is 44.1. The van der Waals surface area contributed by atoms with Crippen LogP contribution in [0.2, 0.25) is 0 Å². The van der Waals surface area contributed by atoms with E-state index in [9.17, 15) is 18.3 Å². The topological polar surface area (TPSA) is 114 Å². The van der Waals surface area contributed by atoms with Crippen molar-refractivity contribution in [1.29, 1.82) is 0 Å². The van der Waals surface area contributed by atoms with E-state index in [0.29, 0.717) is 23.7 Å². The molecule has 6 N–H and O–H groups in total. The van der Waals surface area contributed by atoms with E-state index in [4.69, 9.17) is 15.4 Å². The van der Waals surface area contributed by atoms with Crippen molar-refractivity contribution in [1.82, 2.24) is 5.43 Å². The Labute approximate surface area is 147 Å². The fraction of sp³-hybridized carbons (Fsp3) is 0.188. The second kappa shape index (κ2) is 9.49. The first-order chi connectivity index (χ1) is 12.2. The number of amides is 1. The number of rotatable bonds is 5. The number of nitrogens with two attached hydrogens (primary N) is 2. The summed E-state index contributed by atoms with van der Waals surface area (Å²) in [5, 5.41) is 10.6. The number of hydrazine groups is 2. The van der Waals surface area contributed by atoms with Crippen LogP contribution in [0.25, 0.3) is 0 Å². The number of phenols is 1. The van der Waals surface area contributed by atoms with Gasteiger partial charge in [-0.1, -0.05) is 18.2 Å². The van der Waals surface area contributed by atoms with Crippen LogP contribution in [-0.2, 0) is 17.6 Å². The van der Waals surface area contributed by atoms with E-state index in [1.807, 2.05) is 0 Å². The molecule has 2 aromatic carbocycles. The number of carbonyl (C=O) groups excluding carboxylic acids is 1. The maximum absolute atomic E-state index is 12.9. The van der Waals surface area contributed by atoms with Crippen LogP contribution in [0.4, 0.5) is 18.9 Å². The first kappa shape index (κ1) is 21.1. The second-order valence-electron chi connectivity index (χ2n) is 4.99. The zero-order chi connectivity index (χ0) is 19.7. The van der Waals surface area contributed by atoms with Crippen molar-refractivity contribution in [2.75, 3.05) is 12.1 Å². The molecule has 0 aliphatic rings. The Kier molecular flexibility index (Phi) is 7.69. The average molecular weight is 372 g/mol. The summed E-state index contributed by atoms with van der Waals surface area (Å²) in [5.74, 6) is 9.26. The van der Waals surface area contributed by atoms with Gasteiger partial charge in [0.25, 0.3) is 0 Å². The predicted molar refractivity (Wildman–Crippen MR) is 89.9 cm³/mol. The van der Waals surface area contributed by atoms with Crippen molar-refractivity contribution in [3.63, 3.8) is 0 Å². The molecule has 0 bridgehead atoms. The van der Waals surface area contributed by atoms with Crippen LogP contribution in [0.3, 0.4) is 0 Å². The highest BCUT2D eigenvalue weighted by Crippen LogP contribution is 2.38. The van der Waals surface area contributed by atoms with Crippen LogP contribution < -0.4 is 26.9 Å². The fourth-order valence-corrected chi connectivity index (χ4v) is 2.00. The van der Waals surface area contributed by atoms with Gasteiger partial charge in [-0.2, -0.15) is 13.2 Å². The maximum Gasteiger partial charge on any atom is 0.420 e. The number of halogens is 3. The number of aromatic hydroxyl groups is 1. The zero-order valence-electron chi connectivity index (χ0n) is 13.8. The Morgan fingerprint density at radius 2 is 1.88 bits per heavy atom. The highest BCUT2D eigenvalue weighted by molar-refractivity contribution is 5.52. The van der Waals surface area contributed by atoms with Crippen molar-refractivity contribution < 1.29 is 27.8 Å². The minimum atomic E-state index is -4.61. The number of hydrogen-bond donors (Lipinski definition) is 4. The molecular formula is C16H19F3N4O3. The molecule has 0 aliphatic carbocycles. The van der Waals surface area contributed by atoms with Crippen LogP contribution >= 0.6 is 0 Å². The van der Waals surface area contributed by atoms with Gasteiger partial charge in [0.15, 0.2) is 0 Å². The van der Waals surface area contributed by atoms with Crippen LogP contribution in [0.1, 0.15) is 11.1 Å². The van der Waals surface area contributed by atoms with Gasteiger partial charge >= 0.3 is 6.18 Å². The normalized spacial score (nSPS) is 10.4. The van der Waals surface area contributed by atoms with E-state index in [2.05, 4.69) is 5.84 Å². The van der Waals surface area contributed by atoms with Crippen molar-refractivity contribution in [2.45, 2.75) is 12.8 Å². The third kappa shape index (κ3) is 6.15. The number of alkyl halides is 3. The number of ether oxygens (including phenoxy) is 1. The number of carbonyl (C=O) groups is 1. The molecule has 10 heteroatoms. The monoisotopic (exact) mass is 372 g/mol.